The van der Waals surface area contributed by atoms with Gasteiger partial charge in [0.15, 0.2) is 5.96 Å². The lowest BCUT2D eigenvalue weighted by atomic mass is 9.81. The molecule has 1 aliphatic heterocycles. The molecule has 0 unspecified atom stereocenters. The molecule has 1 saturated heterocycles. The van der Waals surface area contributed by atoms with Crippen molar-refractivity contribution in [3.05, 3.63) is 0 Å². The van der Waals surface area contributed by atoms with Crippen LogP contribution in [0, 0.1) is 17.2 Å². The number of carboxylic acids is 2. The van der Waals surface area contributed by atoms with E-state index in [9.17, 15) is 24.0 Å². The molecule has 1 aliphatic carbocycles. The normalized spacial score (nSPS) is 23.4. The van der Waals surface area contributed by atoms with Crippen LogP contribution in [0.1, 0.15) is 32.1 Å². The lowest BCUT2D eigenvalue weighted by Crippen LogP contribution is -2.61. The highest BCUT2D eigenvalue weighted by Gasteiger charge is 2.39. The molecule has 13 nitrogen and oxygen atoms in total. The zero-order chi connectivity index (χ0) is 23.8. The fourth-order valence-corrected chi connectivity index (χ4v) is 4.11. The Balaban J connectivity index is 1.87. The Hall–Kier alpha value is -3.38. The summed E-state index contributed by atoms with van der Waals surface area (Å²) in [6.07, 6.45) is 2.20. The van der Waals surface area contributed by atoms with Crippen molar-refractivity contribution in [1.82, 2.24) is 20.4 Å². The number of carbonyl (C=O) groups excluding carboxylic acids is 3. The molecule has 178 valence electrons. The minimum Gasteiger partial charge on any atom is -0.481 e. The Morgan fingerprint density at radius 2 is 1.69 bits per heavy atom. The number of hydrogen-bond donors (Lipinski definition) is 6. The third kappa shape index (κ3) is 7.10. The van der Waals surface area contributed by atoms with Gasteiger partial charge in [-0.3, -0.25) is 29.4 Å². The number of aliphatic carboxylic acids is 2. The number of piperazine rings is 1. The van der Waals surface area contributed by atoms with Crippen molar-refractivity contribution in [1.29, 1.82) is 5.41 Å². The summed E-state index contributed by atoms with van der Waals surface area (Å²) in [6, 6.07) is -1.31. The Bertz CT molecular complexity index is 765. The first kappa shape index (κ1) is 24.9. The number of hydrogen-bond acceptors (Lipinski definition) is 6. The Kier molecular flexibility index (Phi) is 8.79. The summed E-state index contributed by atoms with van der Waals surface area (Å²) in [5, 5.41) is 30.6. The molecule has 0 aromatic carbocycles. The number of nitrogens with zero attached hydrogens (tertiary/aromatic N) is 2. The number of amides is 3. The van der Waals surface area contributed by atoms with E-state index in [-0.39, 0.29) is 37.4 Å². The van der Waals surface area contributed by atoms with E-state index < -0.39 is 42.8 Å². The van der Waals surface area contributed by atoms with Gasteiger partial charge in [-0.2, -0.15) is 0 Å². The van der Waals surface area contributed by atoms with Gasteiger partial charge in [0, 0.05) is 25.6 Å². The molecule has 1 saturated carbocycles. The van der Waals surface area contributed by atoms with Crippen molar-refractivity contribution in [2.75, 3.05) is 32.7 Å². The van der Waals surface area contributed by atoms with Gasteiger partial charge in [-0.1, -0.05) is 0 Å². The second-order valence-electron chi connectivity index (χ2n) is 8.08. The first-order valence-corrected chi connectivity index (χ1v) is 10.5. The molecular weight excluding hydrogens is 424 g/mol. The highest BCUT2D eigenvalue weighted by Crippen LogP contribution is 2.28. The Morgan fingerprint density at radius 3 is 2.25 bits per heavy atom. The van der Waals surface area contributed by atoms with E-state index in [1.165, 1.54) is 0 Å². The fourth-order valence-electron chi connectivity index (χ4n) is 4.11. The van der Waals surface area contributed by atoms with Crippen LogP contribution >= 0.6 is 0 Å². The fraction of sp³-hybridized carbons (Fsp3) is 0.684. The summed E-state index contributed by atoms with van der Waals surface area (Å²) in [5.41, 5.74) is 5.28. The molecule has 0 radical (unpaired) electrons. The van der Waals surface area contributed by atoms with Crippen molar-refractivity contribution in [2.24, 2.45) is 17.6 Å². The molecule has 2 rings (SSSR count). The minimum absolute atomic E-state index is 0.0140. The van der Waals surface area contributed by atoms with E-state index in [1.54, 1.807) is 0 Å². The second-order valence-corrected chi connectivity index (χ2v) is 8.08. The quantitative estimate of drug-likeness (QED) is 0.168. The molecule has 7 N–H and O–H groups in total. The summed E-state index contributed by atoms with van der Waals surface area (Å²) in [7, 11) is 0. The van der Waals surface area contributed by atoms with E-state index in [1.807, 2.05) is 0 Å². The molecule has 1 heterocycles. The average molecular weight is 454 g/mol. The van der Waals surface area contributed by atoms with Crippen molar-refractivity contribution in [3.63, 3.8) is 0 Å². The Morgan fingerprint density at radius 1 is 1.03 bits per heavy atom. The zero-order valence-electron chi connectivity index (χ0n) is 17.7. The minimum atomic E-state index is -1.31. The second kappa shape index (κ2) is 11.3. The van der Waals surface area contributed by atoms with Crippen LogP contribution in [0.5, 0.6) is 0 Å². The first-order valence-electron chi connectivity index (χ1n) is 10.5. The van der Waals surface area contributed by atoms with Gasteiger partial charge in [-0.25, -0.2) is 0 Å². The molecule has 2 aliphatic rings. The zero-order valence-corrected chi connectivity index (χ0v) is 17.7. The molecule has 3 amide bonds. The maximum absolute atomic E-state index is 12.6. The maximum atomic E-state index is 12.6. The van der Waals surface area contributed by atoms with Crippen LogP contribution in [0.25, 0.3) is 0 Å². The summed E-state index contributed by atoms with van der Waals surface area (Å²) in [6.45, 7) is -0.403. The summed E-state index contributed by atoms with van der Waals surface area (Å²) >= 11 is 0. The van der Waals surface area contributed by atoms with Crippen molar-refractivity contribution >= 4 is 35.6 Å². The van der Waals surface area contributed by atoms with Crippen molar-refractivity contribution in [3.8, 4) is 0 Å². The van der Waals surface area contributed by atoms with E-state index in [0.29, 0.717) is 25.3 Å². The molecule has 0 aromatic heterocycles. The van der Waals surface area contributed by atoms with Gasteiger partial charge in [0.1, 0.15) is 12.6 Å². The SMILES string of the molecule is N=C(N)NC[C@H]1CC[C@H](C(=O)NCC(=O)N2CCN(CC(=O)O)C(=O)[C@@H]2CC(=O)O)CC1. The summed E-state index contributed by atoms with van der Waals surface area (Å²) in [5.74, 6) is -4.15. The number of guanidine groups is 1. The smallest absolute Gasteiger partial charge is 0.323 e. The average Bonchev–Trinajstić information content (AvgIpc) is 2.73. The van der Waals surface area contributed by atoms with Gasteiger partial charge in [0.25, 0.3) is 0 Å². The van der Waals surface area contributed by atoms with Crippen LogP contribution in [0.3, 0.4) is 0 Å². The maximum Gasteiger partial charge on any atom is 0.323 e. The van der Waals surface area contributed by atoms with E-state index in [4.69, 9.17) is 21.4 Å². The lowest BCUT2D eigenvalue weighted by molar-refractivity contribution is -0.158. The molecule has 32 heavy (non-hydrogen) atoms. The van der Waals surface area contributed by atoms with Crippen LogP contribution in [0.15, 0.2) is 0 Å². The monoisotopic (exact) mass is 454 g/mol. The number of carbonyl (C=O) groups is 5. The van der Waals surface area contributed by atoms with Crippen LogP contribution in [0.4, 0.5) is 0 Å². The van der Waals surface area contributed by atoms with Gasteiger partial charge in [-0.15, -0.1) is 0 Å². The van der Waals surface area contributed by atoms with E-state index >= 15 is 0 Å². The first-order chi connectivity index (χ1) is 15.1. The number of carboxylic acid groups (broad SMARTS) is 2. The van der Waals surface area contributed by atoms with Gasteiger partial charge in [-0.05, 0) is 31.6 Å². The molecule has 0 aromatic rings. The van der Waals surface area contributed by atoms with E-state index in [2.05, 4.69) is 10.6 Å². The molecule has 0 bridgehead atoms. The van der Waals surface area contributed by atoms with Crippen LogP contribution in [-0.4, -0.2) is 94.4 Å². The van der Waals surface area contributed by atoms with Gasteiger partial charge < -0.3 is 36.4 Å². The van der Waals surface area contributed by atoms with Crippen molar-refractivity contribution in [2.45, 2.75) is 38.1 Å². The van der Waals surface area contributed by atoms with Crippen LogP contribution in [-0.2, 0) is 24.0 Å². The third-order valence-corrected chi connectivity index (χ3v) is 5.81. The highest BCUT2D eigenvalue weighted by molar-refractivity contribution is 5.94. The molecular formula is C19H30N6O7. The highest BCUT2D eigenvalue weighted by atomic mass is 16.4. The largest absolute Gasteiger partial charge is 0.481 e. The Labute approximate surface area is 184 Å². The summed E-state index contributed by atoms with van der Waals surface area (Å²) < 4.78 is 0. The van der Waals surface area contributed by atoms with Crippen LogP contribution < -0.4 is 16.4 Å². The number of rotatable bonds is 9. The topological polar surface area (TPSA) is 206 Å². The van der Waals surface area contributed by atoms with Crippen molar-refractivity contribution < 1.29 is 34.2 Å². The van der Waals surface area contributed by atoms with Gasteiger partial charge in [0.2, 0.25) is 17.7 Å². The standard InChI is InChI=1S/C19H30N6O7/c20-19(21)23-8-11-1-3-12(4-2-11)17(31)22-9-14(26)25-6-5-24(10-16(29)30)18(32)13(25)7-15(27)28/h11-13H,1-10H2,(H,22,31)(H,27,28)(H,29,30)(H4,20,21,23)/t11-,12-,13-/m0/s1. The van der Waals surface area contributed by atoms with Gasteiger partial charge in [0.05, 0.1) is 13.0 Å². The third-order valence-electron chi connectivity index (χ3n) is 5.81. The molecule has 13 heteroatoms. The predicted molar refractivity (Wildman–Crippen MR) is 110 cm³/mol. The van der Waals surface area contributed by atoms with Crippen LogP contribution in [0.2, 0.25) is 0 Å². The molecule has 0 spiro atoms. The molecule has 2 fully saturated rings. The number of nitrogens with one attached hydrogen (secondary N) is 3. The molecule has 1 atom stereocenters. The number of nitrogens with two attached hydrogens (primary N) is 1. The van der Waals surface area contributed by atoms with Gasteiger partial charge >= 0.3 is 11.9 Å². The predicted octanol–water partition coefficient (Wildman–Crippen LogP) is -2.01. The van der Waals surface area contributed by atoms with E-state index in [0.717, 1.165) is 22.6 Å². The lowest BCUT2D eigenvalue weighted by Gasteiger charge is -2.39. The summed E-state index contributed by atoms with van der Waals surface area (Å²) in [4.78, 5) is 61.8.